The zero-order valence-corrected chi connectivity index (χ0v) is 12.3. The van der Waals surface area contributed by atoms with Crippen LogP contribution in [0.5, 0.6) is 0 Å². The van der Waals surface area contributed by atoms with Crippen molar-refractivity contribution in [2.45, 2.75) is 19.8 Å². The van der Waals surface area contributed by atoms with E-state index >= 15 is 0 Å². The van der Waals surface area contributed by atoms with E-state index in [0.29, 0.717) is 36.0 Å². The summed E-state index contributed by atoms with van der Waals surface area (Å²) >= 11 is 3.29. The van der Waals surface area contributed by atoms with Gasteiger partial charge in [-0.15, -0.1) is 0 Å². The van der Waals surface area contributed by atoms with Crippen molar-refractivity contribution >= 4 is 33.5 Å². The smallest absolute Gasteiger partial charge is 0.305 e. The van der Waals surface area contributed by atoms with Gasteiger partial charge in [0.2, 0.25) is 5.91 Å². The Morgan fingerprint density at radius 2 is 2.16 bits per heavy atom. The number of ether oxygens (including phenoxy) is 1. The molecule has 0 saturated heterocycles. The van der Waals surface area contributed by atoms with E-state index in [9.17, 15) is 9.59 Å². The fourth-order valence-corrected chi connectivity index (χ4v) is 2.10. The number of anilines is 1. The van der Waals surface area contributed by atoms with Crippen molar-refractivity contribution in [1.82, 2.24) is 0 Å². The second kappa shape index (κ2) is 7.78. The maximum absolute atomic E-state index is 11.1. The lowest BCUT2D eigenvalue weighted by molar-refractivity contribution is -0.143. The fourth-order valence-electron chi connectivity index (χ4n) is 1.52. The van der Waals surface area contributed by atoms with Gasteiger partial charge in [0.15, 0.2) is 0 Å². The van der Waals surface area contributed by atoms with Crippen LogP contribution in [-0.2, 0) is 9.53 Å². The molecule has 19 heavy (non-hydrogen) atoms. The summed E-state index contributed by atoms with van der Waals surface area (Å²) in [4.78, 5) is 22.2. The molecule has 0 spiro atoms. The van der Waals surface area contributed by atoms with Crippen LogP contribution in [0.25, 0.3) is 0 Å². The number of amides is 1. The summed E-state index contributed by atoms with van der Waals surface area (Å²) in [6.45, 7) is 2.85. The summed E-state index contributed by atoms with van der Waals surface area (Å²) < 4.78 is 5.48. The number of carbonyl (C=O) groups is 2. The lowest BCUT2D eigenvalue weighted by atomic mass is 10.2. The summed E-state index contributed by atoms with van der Waals surface area (Å²) in [5, 5.41) is 3.16. The minimum atomic E-state index is -0.472. The Morgan fingerprint density at radius 1 is 1.42 bits per heavy atom. The summed E-state index contributed by atoms with van der Waals surface area (Å²) in [7, 11) is 0. The molecule has 5 nitrogen and oxygen atoms in total. The first kappa shape index (κ1) is 15.5. The maximum atomic E-state index is 11.1. The SMILES string of the molecule is CCOC(=O)CCCNc1ccc(C(N)=O)c(Br)c1. The maximum Gasteiger partial charge on any atom is 0.305 e. The summed E-state index contributed by atoms with van der Waals surface area (Å²) in [6.07, 6.45) is 1.08. The van der Waals surface area contributed by atoms with E-state index in [0.717, 1.165) is 5.69 Å². The fraction of sp³-hybridized carbons (Fsp3) is 0.385. The van der Waals surface area contributed by atoms with Crippen LogP contribution in [0, 0.1) is 0 Å². The van der Waals surface area contributed by atoms with Crippen LogP contribution >= 0.6 is 15.9 Å². The summed E-state index contributed by atoms with van der Waals surface area (Å²) in [5.41, 5.74) is 6.51. The minimum Gasteiger partial charge on any atom is -0.466 e. The van der Waals surface area contributed by atoms with Crippen molar-refractivity contribution in [2.24, 2.45) is 5.73 Å². The van der Waals surface area contributed by atoms with Gasteiger partial charge in [0.05, 0.1) is 12.2 Å². The second-order valence-electron chi connectivity index (χ2n) is 3.89. The molecule has 3 N–H and O–H groups in total. The van der Waals surface area contributed by atoms with Crippen LogP contribution in [-0.4, -0.2) is 25.0 Å². The number of carbonyl (C=O) groups excluding carboxylic acids is 2. The third kappa shape index (κ3) is 5.30. The minimum absolute atomic E-state index is 0.186. The number of hydrogen-bond donors (Lipinski definition) is 2. The molecule has 1 aromatic rings. The first-order valence-corrected chi connectivity index (χ1v) is 6.82. The molecule has 0 aliphatic rings. The first-order valence-electron chi connectivity index (χ1n) is 6.03. The number of rotatable bonds is 7. The van der Waals surface area contributed by atoms with E-state index < -0.39 is 5.91 Å². The van der Waals surface area contributed by atoms with Crippen molar-refractivity contribution in [2.75, 3.05) is 18.5 Å². The average molecular weight is 329 g/mol. The molecule has 6 heteroatoms. The largest absolute Gasteiger partial charge is 0.466 e. The Bertz CT molecular complexity index is 463. The molecule has 0 saturated carbocycles. The number of nitrogens with two attached hydrogens (primary N) is 1. The van der Waals surface area contributed by atoms with E-state index in [1.54, 1.807) is 25.1 Å². The van der Waals surface area contributed by atoms with E-state index in [1.807, 2.05) is 0 Å². The summed E-state index contributed by atoms with van der Waals surface area (Å²) in [6, 6.07) is 5.21. The van der Waals surface area contributed by atoms with Gasteiger partial charge >= 0.3 is 5.97 Å². The third-order valence-electron chi connectivity index (χ3n) is 2.43. The molecule has 0 atom stereocenters. The highest BCUT2D eigenvalue weighted by Gasteiger charge is 2.06. The summed E-state index contributed by atoms with van der Waals surface area (Å²) in [5.74, 6) is -0.657. The predicted octanol–water partition coefficient (Wildman–Crippen LogP) is 2.30. The Morgan fingerprint density at radius 3 is 2.74 bits per heavy atom. The standard InChI is InChI=1S/C13H17BrN2O3/c1-2-19-12(17)4-3-7-16-9-5-6-10(13(15)18)11(14)8-9/h5-6,8,16H,2-4,7H2,1H3,(H2,15,18). The molecule has 1 amide bonds. The van der Waals surface area contributed by atoms with Gasteiger partial charge in [-0.25, -0.2) is 0 Å². The van der Waals surface area contributed by atoms with Gasteiger partial charge in [0, 0.05) is 23.1 Å². The van der Waals surface area contributed by atoms with Gasteiger partial charge in [-0.05, 0) is 47.5 Å². The zero-order chi connectivity index (χ0) is 14.3. The molecule has 0 aromatic heterocycles. The third-order valence-corrected chi connectivity index (χ3v) is 3.08. The van der Waals surface area contributed by atoms with Crippen molar-refractivity contribution < 1.29 is 14.3 Å². The second-order valence-corrected chi connectivity index (χ2v) is 4.75. The Kier molecular flexibility index (Phi) is 6.35. The molecule has 0 aliphatic carbocycles. The number of hydrogen-bond acceptors (Lipinski definition) is 4. The molecule has 0 fully saturated rings. The molecular weight excluding hydrogens is 312 g/mol. The topological polar surface area (TPSA) is 81.4 Å². The predicted molar refractivity (Wildman–Crippen MR) is 77.0 cm³/mol. The normalized spacial score (nSPS) is 10.0. The number of benzene rings is 1. The first-order chi connectivity index (χ1) is 9.04. The van der Waals surface area contributed by atoms with Gasteiger partial charge in [0.1, 0.15) is 0 Å². The Hall–Kier alpha value is -1.56. The highest BCUT2D eigenvalue weighted by Crippen LogP contribution is 2.21. The number of nitrogens with one attached hydrogen (secondary N) is 1. The van der Waals surface area contributed by atoms with Crippen molar-refractivity contribution in [1.29, 1.82) is 0 Å². The van der Waals surface area contributed by atoms with E-state index in [4.69, 9.17) is 10.5 Å². The zero-order valence-electron chi connectivity index (χ0n) is 10.7. The van der Waals surface area contributed by atoms with Crippen molar-refractivity contribution in [3.63, 3.8) is 0 Å². The molecular formula is C13H17BrN2O3. The van der Waals surface area contributed by atoms with Gasteiger partial charge in [-0.3, -0.25) is 9.59 Å². The molecule has 0 unspecified atom stereocenters. The van der Waals surface area contributed by atoms with Crippen LogP contribution in [0.2, 0.25) is 0 Å². The number of esters is 1. The Balaban J connectivity index is 2.40. The lowest BCUT2D eigenvalue weighted by Crippen LogP contribution is -2.12. The quantitative estimate of drug-likeness (QED) is 0.594. The van der Waals surface area contributed by atoms with Crippen LogP contribution in [0.15, 0.2) is 22.7 Å². The average Bonchev–Trinajstić information content (AvgIpc) is 2.34. The van der Waals surface area contributed by atoms with E-state index in [1.165, 1.54) is 0 Å². The molecule has 1 aromatic carbocycles. The molecule has 0 radical (unpaired) electrons. The monoisotopic (exact) mass is 328 g/mol. The molecule has 104 valence electrons. The highest BCUT2D eigenvalue weighted by atomic mass is 79.9. The number of primary amides is 1. The van der Waals surface area contributed by atoms with Crippen molar-refractivity contribution in [3.8, 4) is 0 Å². The van der Waals surface area contributed by atoms with Gasteiger partial charge < -0.3 is 15.8 Å². The van der Waals surface area contributed by atoms with Crippen LogP contribution in [0.1, 0.15) is 30.1 Å². The van der Waals surface area contributed by atoms with E-state index in [2.05, 4.69) is 21.2 Å². The lowest BCUT2D eigenvalue weighted by Gasteiger charge is -2.08. The molecule has 1 rings (SSSR count). The van der Waals surface area contributed by atoms with Gasteiger partial charge in [-0.1, -0.05) is 0 Å². The van der Waals surface area contributed by atoms with Crippen LogP contribution in [0.4, 0.5) is 5.69 Å². The number of halogens is 1. The van der Waals surface area contributed by atoms with Gasteiger partial charge in [0.25, 0.3) is 0 Å². The van der Waals surface area contributed by atoms with Crippen molar-refractivity contribution in [3.05, 3.63) is 28.2 Å². The van der Waals surface area contributed by atoms with Crippen LogP contribution < -0.4 is 11.1 Å². The van der Waals surface area contributed by atoms with E-state index in [-0.39, 0.29) is 5.97 Å². The highest BCUT2D eigenvalue weighted by molar-refractivity contribution is 9.10. The van der Waals surface area contributed by atoms with Gasteiger partial charge in [-0.2, -0.15) is 0 Å². The molecule has 0 heterocycles. The molecule has 0 aliphatic heterocycles. The molecule has 0 bridgehead atoms. The van der Waals surface area contributed by atoms with Crippen LogP contribution in [0.3, 0.4) is 0 Å². The Labute approximate surface area is 120 Å².